The van der Waals surface area contributed by atoms with Crippen LogP contribution in [0.2, 0.25) is 0 Å². The van der Waals surface area contributed by atoms with Crippen LogP contribution >= 0.6 is 0 Å². The molecule has 25 heavy (non-hydrogen) atoms. The number of hydrogen-bond acceptors (Lipinski definition) is 3. The van der Waals surface area contributed by atoms with Crippen molar-refractivity contribution in [3.63, 3.8) is 0 Å². The highest BCUT2D eigenvalue weighted by molar-refractivity contribution is 6.07. The molecule has 1 aromatic carbocycles. The van der Waals surface area contributed by atoms with Gasteiger partial charge in [0.15, 0.2) is 0 Å². The second-order valence-corrected chi connectivity index (χ2v) is 7.34. The second kappa shape index (κ2) is 7.42. The third-order valence-electron chi connectivity index (χ3n) is 5.40. The summed E-state index contributed by atoms with van der Waals surface area (Å²) in [7, 11) is 0. The molecule has 1 aromatic rings. The molecule has 1 unspecified atom stereocenters. The van der Waals surface area contributed by atoms with E-state index in [0.29, 0.717) is 11.1 Å². The molecule has 3 rings (SSSR count). The average Bonchev–Trinajstić information content (AvgIpc) is 2.84. The van der Waals surface area contributed by atoms with Gasteiger partial charge in [-0.05, 0) is 57.9 Å². The Kier molecular flexibility index (Phi) is 5.26. The molecule has 1 amide bonds. The summed E-state index contributed by atoms with van der Waals surface area (Å²) >= 11 is 0. The molecule has 1 fully saturated rings. The van der Waals surface area contributed by atoms with Crippen molar-refractivity contribution in [2.24, 2.45) is 0 Å². The molecule has 0 aromatic heterocycles. The summed E-state index contributed by atoms with van der Waals surface area (Å²) in [6, 6.07) is 10.3. The molecule has 0 saturated heterocycles. The van der Waals surface area contributed by atoms with Crippen molar-refractivity contribution in [2.75, 3.05) is 0 Å². The van der Waals surface area contributed by atoms with E-state index >= 15 is 0 Å². The predicted octanol–water partition coefficient (Wildman–Crippen LogP) is 3.70. The van der Waals surface area contributed by atoms with Crippen molar-refractivity contribution in [3.8, 4) is 0 Å². The van der Waals surface area contributed by atoms with Crippen LogP contribution in [0.25, 0.3) is 0 Å². The number of hydrogen-bond donors (Lipinski definition) is 1. The lowest BCUT2D eigenvalue weighted by Gasteiger charge is -2.34. The lowest BCUT2D eigenvalue weighted by molar-refractivity contribution is -0.149. The van der Waals surface area contributed by atoms with Gasteiger partial charge in [-0.15, -0.1) is 0 Å². The SMILES string of the molecule is CC1=C(C(=O)NC(C)CCc2ccccc2)C2(CCCCC2)OC1=O. The maximum atomic E-state index is 12.9. The van der Waals surface area contributed by atoms with Crippen molar-refractivity contribution in [1.29, 1.82) is 0 Å². The first-order valence-electron chi connectivity index (χ1n) is 9.31. The lowest BCUT2D eigenvalue weighted by Crippen LogP contribution is -2.43. The molecule has 1 spiro atoms. The van der Waals surface area contributed by atoms with E-state index < -0.39 is 5.60 Å². The standard InChI is InChI=1S/C21H27NO3/c1-15(11-12-17-9-5-3-6-10-17)22-19(23)18-16(2)20(24)25-21(18)13-7-4-8-14-21/h3,5-6,9-10,15H,4,7-8,11-14H2,1-2H3,(H,22,23). The van der Waals surface area contributed by atoms with Crippen molar-refractivity contribution >= 4 is 11.9 Å². The van der Waals surface area contributed by atoms with E-state index in [2.05, 4.69) is 17.4 Å². The van der Waals surface area contributed by atoms with Gasteiger partial charge < -0.3 is 10.1 Å². The number of benzene rings is 1. The van der Waals surface area contributed by atoms with E-state index in [1.807, 2.05) is 25.1 Å². The van der Waals surface area contributed by atoms with Gasteiger partial charge in [-0.25, -0.2) is 4.79 Å². The highest BCUT2D eigenvalue weighted by Gasteiger charge is 2.49. The zero-order chi connectivity index (χ0) is 17.9. The molecule has 1 aliphatic carbocycles. The van der Waals surface area contributed by atoms with E-state index in [4.69, 9.17) is 4.74 Å². The van der Waals surface area contributed by atoms with Crippen LogP contribution in [-0.4, -0.2) is 23.5 Å². The lowest BCUT2D eigenvalue weighted by atomic mass is 9.78. The van der Waals surface area contributed by atoms with Crippen LogP contribution in [0.1, 0.15) is 57.9 Å². The Morgan fingerprint density at radius 3 is 2.56 bits per heavy atom. The molecule has 4 heteroatoms. The predicted molar refractivity (Wildman–Crippen MR) is 97.0 cm³/mol. The summed E-state index contributed by atoms with van der Waals surface area (Å²) in [4.78, 5) is 25.0. The number of carbonyl (C=O) groups is 2. The minimum absolute atomic E-state index is 0.0457. The zero-order valence-electron chi connectivity index (χ0n) is 15.1. The topological polar surface area (TPSA) is 55.4 Å². The Bertz CT molecular complexity index is 672. The summed E-state index contributed by atoms with van der Waals surface area (Å²) in [5.74, 6) is -0.463. The minimum Gasteiger partial charge on any atom is -0.451 e. The van der Waals surface area contributed by atoms with Gasteiger partial charge in [0.25, 0.3) is 5.91 Å². The van der Waals surface area contributed by atoms with Gasteiger partial charge in [-0.2, -0.15) is 0 Å². The quantitative estimate of drug-likeness (QED) is 0.831. The van der Waals surface area contributed by atoms with E-state index in [-0.39, 0.29) is 17.9 Å². The molecule has 0 bridgehead atoms. The van der Waals surface area contributed by atoms with Crippen molar-refractivity contribution in [1.82, 2.24) is 5.32 Å². The molecule has 1 atom stereocenters. The molecule has 134 valence electrons. The van der Waals surface area contributed by atoms with Gasteiger partial charge in [-0.3, -0.25) is 4.79 Å². The average molecular weight is 341 g/mol. The molecular formula is C21H27NO3. The fraction of sp³-hybridized carbons (Fsp3) is 0.524. The Balaban J connectivity index is 1.65. The van der Waals surface area contributed by atoms with Crippen LogP contribution in [0.4, 0.5) is 0 Å². The second-order valence-electron chi connectivity index (χ2n) is 7.34. The van der Waals surface area contributed by atoms with Gasteiger partial charge in [0.1, 0.15) is 5.60 Å². The van der Waals surface area contributed by atoms with Crippen LogP contribution in [0, 0.1) is 0 Å². The van der Waals surface area contributed by atoms with Crippen LogP contribution in [-0.2, 0) is 20.7 Å². The van der Waals surface area contributed by atoms with Gasteiger partial charge in [0.2, 0.25) is 0 Å². The first kappa shape index (κ1) is 17.7. The molecule has 1 N–H and O–H groups in total. The van der Waals surface area contributed by atoms with E-state index in [1.54, 1.807) is 6.92 Å². The maximum Gasteiger partial charge on any atom is 0.335 e. The fourth-order valence-electron chi connectivity index (χ4n) is 4.00. The van der Waals surface area contributed by atoms with Crippen LogP contribution in [0.3, 0.4) is 0 Å². The van der Waals surface area contributed by atoms with Gasteiger partial charge >= 0.3 is 5.97 Å². The van der Waals surface area contributed by atoms with Crippen molar-refractivity contribution in [3.05, 3.63) is 47.0 Å². The van der Waals surface area contributed by atoms with Crippen LogP contribution < -0.4 is 5.32 Å². The number of esters is 1. The first-order chi connectivity index (χ1) is 12.0. The maximum absolute atomic E-state index is 12.9. The minimum atomic E-state index is -0.678. The molecule has 1 aliphatic heterocycles. The Morgan fingerprint density at radius 2 is 1.88 bits per heavy atom. The summed E-state index contributed by atoms with van der Waals surface area (Å²) in [5, 5.41) is 3.09. The first-order valence-corrected chi connectivity index (χ1v) is 9.31. The molecule has 0 radical (unpaired) electrons. The monoisotopic (exact) mass is 341 g/mol. The summed E-state index contributed by atoms with van der Waals surface area (Å²) in [6.07, 6.45) is 6.45. The number of carbonyl (C=O) groups excluding carboxylic acids is 2. The van der Waals surface area contributed by atoms with Crippen molar-refractivity contribution in [2.45, 2.75) is 70.4 Å². The number of rotatable bonds is 5. The number of nitrogens with one attached hydrogen (secondary N) is 1. The number of aryl methyl sites for hydroxylation is 1. The van der Waals surface area contributed by atoms with E-state index in [1.165, 1.54) is 5.56 Å². The Morgan fingerprint density at radius 1 is 1.20 bits per heavy atom. The van der Waals surface area contributed by atoms with Gasteiger partial charge in [0, 0.05) is 11.6 Å². The molecule has 4 nitrogen and oxygen atoms in total. The summed E-state index contributed by atoms with van der Waals surface area (Å²) in [5.41, 5.74) is 1.64. The molecule has 1 saturated carbocycles. The summed E-state index contributed by atoms with van der Waals surface area (Å²) in [6.45, 7) is 3.73. The van der Waals surface area contributed by atoms with Crippen molar-refractivity contribution < 1.29 is 14.3 Å². The van der Waals surface area contributed by atoms with Crippen LogP contribution in [0.5, 0.6) is 0 Å². The zero-order valence-corrected chi connectivity index (χ0v) is 15.1. The molecular weight excluding hydrogens is 314 g/mol. The van der Waals surface area contributed by atoms with E-state index in [9.17, 15) is 9.59 Å². The smallest absolute Gasteiger partial charge is 0.335 e. The van der Waals surface area contributed by atoms with Gasteiger partial charge in [-0.1, -0.05) is 36.8 Å². The number of amides is 1. The Labute approximate surface area is 149 Å². The Hall–Kier alpha value is -2.10. The number of ether oxygens (including phenoxy) is 1. The molecule has 2 aliphatic rings. The summed E-state index contributed by atoms with van der Waals surface area (Å²) < 4.78 is 5.67. The third kappa shape index (κ3) is 3.78. The third-order valence-corrected chi connectivity index (χ3v) is 5.40. The highest BCUT2D eigenvalue weighted by atomic mass is 16.6. The van der Waals surface area contributed by atoms with E-state index in [0.717, 1.165) is 44.9 Å². The largest absolute Gasteiger partial charge is 0.451 e. The fourth-order valence-corrected chi connectivity index (χ4v) is 4.00. The van der Waals surface area contributed by atoms with Gasteiger partial charge in [0.05, 0.1) is 5.57 Å². The normalized spacial score (nSPS) is 20.5. The highest BCUT2D eigenvalue weighted by Crippen LogP contribution is 2.43. The molecule has 1 heterocycles. The van der Waals surface area contributed by atoms with Crippen LogP contribution in [0.15, 0.2) is 41.5 Å².